The van der Waals surface area contributed by atoms with Crippen molar-refractivity contribution >= 4 is 0 Å². The Morgan fingerprint density at radius 2 is 1.75 bits per heavy atom. The van der Waals surface area contributed by atoms with E-state index in [2.05, 4.69) is 23.9 Å². The Morgan fingerprint density at radius 3 is 2.40 bits per heavy atom. The van der Waals surface area contributed by atoms with Gasteiger partial charge >= 0.3 is 0 Å². The van der Waals surface area contributed by atoms with Gasteiger partial charge in [-0.25, -0.2) is 0 Å². The summed E-state index contributed by atoms with van der Waals surface area (Å²) in [7, 11) is 2.07. The van der Waals surface area contributed by atoms with Crippen molar-refractivity contribution in [3.8, 4) is 0 Å². The highest BCUT2D eigenvalue weighted by Crippen LogP contribution is 2.17. The molecule has 20 heavy (non-hydrogen) atoms. The lowest BCUT2D eigenvalue weighted by Crippen LogP contribution is -2.20. The second-order valence-electron chi connectivity index (χ2n) is 5.31. The molecule has 0 aliphatic carbocycles. The van der Waals surface area contributed by atoms with Gasteiger partial charge in [-0.3, -0.25) is 4.98 Å². The summed E-state index contributed by atoms with van der Waals surface area (Å²) in [5.74, 6) is 0. The van der Waals surface area contributed by atoms with Gasteiger partial charge in [0.1, 0.15) is 0 Å². The summed E-state index contributed by atoms with van der Waals surface area (Å²) in [5, 5.41) is 10.2. The molecular weight excluding hydrogens is 248 g/mol. The van der Waals surface area contributed by atoms with Gasteiger partial charge in [0.05, 0.1) is 6.10 Å². The highest BCUT2D eigenvalue weighted by Gasteiger charge is 2.09. The Labute approximate surface area is 120 Å². The Kier molecular flexibility index (Phi) is 5.27. The molecular formula is C17H22N2O. The Hall–Kier alpha value is -1.71. The molecule has 1 aromatic heterocycles. The minimum atomic E-state index is -0.393. The minimum absolute atomic E-state index is 0.393. The van der Waals surface area contributed by atoms with Gasteiger partial charge in [0.15, 0.2) is 0 Å². The third kappa shape index (κ3) is 4.44. The van der Waals surface area contributed by atoms with Crippen molar-refractivity contribution in [2.24, 2.45) is 0 Å². The first kappa shape index (κ1) is 14.7. The average Bonchev–Trinajstić information content (AvgIpc) is 2.46. The minimum Gasteiger partial charge on any atom is -0.388 e. The summed E-state index contributed by atoms with van der Waals surface area (Å²) in [6.07, 6.45) is 3.97. The van der Waals surface area contributed by atoms with Crippen molar-refractivity contribution in [2.45, 2.75) is 26.0 Å². The molecule has 106 valence electrons. The maximum absolute atomic E-state index is 10.2. The van der Waals surface area contributed by atoms with Gasteiger partial charge in [-0.15, -0.1) is 0 Å². The van der Waals surface area contributed by atoms with Crippen molar-refractivity contribution in [2.75, 3.05) is 13.6 Å². The predicted molar refractivity (Wildman–Crippen MR) is 81.3 cm³/mol. The molecule has 1 unspecified atom stereocenters. The highest BCUT2D eigenvalue weighted by molar-refractivity contribution is 5.23. The molecule has 0 bridgehead atoms. The molecule has 3 heteroatoms. The van der Waals surface area contributed by atoms with Gasteiger partial charge in [0.25, 0.3) is 0 Å². The molecule has 0 saturated carbocycles. The van der Waals surface area contributed by atoms with Crippen LogP contribution in [0.4, 0.5) is 0 Å². The summed E-state index contributed by atoms with van der Waals surface area (Å²) >= 11 is 0. The summed E-state index contributed by atoms with van der Waals surface area (Å²) in [4.78, 5) is 6.23. The van der Waals surface area contributed by atoms with E-state index in [1.807, 2.05) is 48.8 Å². The molecule has 1 N–H and O–H groups in total. The largest absolute Gasteiger partial charge is 0.388 e. The van der Waals surface area contributed by atoms with Crippen molar-refractivity contribution < 1.29 is 5.11 Å². The number of aliphatic hydroxyl groups is 1. The maximum atomic E-state index is 10.2. The number of nitrogens with zero attached hydrogens (tertiary/aromatic N) is 2. The fourth-order valence-corrected chi connectivity index (χ4v) is 2.18. The number of pyridine rings is 1. The molecule has 3 nitrogen and oxygen atoms in total. The molecule has 0 aliphatic heterocycles. The monoisotopic (exact) mass is 270 g/mol. The van der Waals surface area contributed by atoms with Gasteiger partial charge in [-0.05, 0) is 43.7 Å². The van der Waals surface area contributed by atoms with Crippen molar-refractivity contribution in [1.29, 1.82) is 0 Å². The smallest absolute Gasteiger partial charge is 0.0802 e. The standard InChI is InChI=1S/C17H22N2O/c1-14-3-5-16(6-4-14)17(20)9-12-19(2)13-15-7-10-18-11-8-15/h3-8,10-11,17,20H,9,12-13H2,1-2H3. The van der Waals surface area contributed by atoms with Crippen molar-refractivity contribution in [1.82, 2.24) is 9.88 Å². The first-order valence-electron chi connectivity index (χ1n) is 6.97. The van der Waals surface area contributed by atoms with Crippen LogP contribution < -0.4 is 0 Å². The molecule has 2 rings (SSSR count). The molecule has 0 amide bonds. The zero-order chi connectivity index (χ0) is 14.4. The third-order valence-electron chi connectivity index (χ3n) is 3.45. The van der Waals surface area contributed by atoms with E-state index in [-0.39, 0.29) is 0 Å². The van der Waals surface area contributed by atoms with E-state index >= 15 is 0 Å². The molecule has 0 saturated heterocycles. The summed E-state index contributed by atoms with van der Waals surface area (Å²) in [6.45, 7) is 3.79. The van der Waals surface area contributed by atoms with Gasteiger partial charge in [-0.1, -0.05) is 29.8 Å². The highest BCUT2D eigenvalue weighted by atomic mass is 16.3. The molecule has 1 atom stereocenters. The molecule has 0 aliphatic rings. The number of benzene rings is 1. The van der Waals surface area contributed by atoms with E-state index in [1.165, 1.54) is 11.1 Å². The first-order valence-corrected chi connectivity index (χ1v) is 6.97. The average molecular weight is 270 g/mol. The van der Waals surface area contributed by atoms with Crippen LogP contribution in [0, 0.1) is 6.92 Å². The van der Waals surface area contributed by atoms with Crippen molar-refractivity contribution in [3.05, 3.63) is 65.5 Å². The van der Waals surface area contributed by atoms with Crippen LogP contribution >= 0.6 is 0 Å². The van der Waals surface area contributed by atoms with Gasteiger partial charge in [0.2, 0.25) is 0 Å². The third-order valence-corrected chi connectivity index (χ3v) is 3.45. The lowest BCUT2D eigenvalue weighted by molar-refractivity contribution is 0.147. The van der Waals surface area contributed by atoms with E-state index in [4.69, 9.17) is 0 Å². The fraction of sp³-hybridized carbons (Fsp3) is 0.353. The lowest BCUT2D eigenvalue weighted by Gasteiger charge is -2.19. The molecule has 0 radical (unpaired) electrons. The fourth-order valence-electron chi connectivity index (χ4n) is 2.18. The molecule has 0 fully saturated rings. The van der Waals surface area contributed by atoms with Crippen molar-refractivity contribution in [3.63, 3.8) is 0 Å². The number of aromatic nitrogens is 1. The van der Waals surface area contributed by atoms with Crippen LogP contribution in [0.5, 0.6) is 0 Å². The zero-order valence-electron chi connectivity index (χ0n) is 12.2. The zero-order valence-corrected chi connectivity index (χ0v) is 12.2. The molecule has 1 aromatic carbocycles. The first-order chi connectivity index (χ1) is 9.65. The van der Waals surface area contributed by atoms with E-state index in [9.17, 15) is 5.11 Å². The quantitative estimate of drug-likeness (QED) is 0.876. The van der Waals surface area contributed by atoms with E-state index < -0.39 is 6.10 Å². The Morgan fingerprint density at radius 1 is 1.10 bits per heavy atom. The number of hydrogen-bond acceptors (Lipinski definition) is 3. The van der Waals surface area contributed by atoms with Crippen LogP contribution in [0.25, 0.3) is 0 Å². The second-order valence-corrected chi connectivity index (χ2v) is 5.31. The molecule has 0 spiro atoms. The van der Waals surface area contributed by atoms with Crippen LogP contribution in [-0.4, -0.2) is 28.6 Å². The Bertz CT molecular complexity index is 510. The lowest BCUT2D eigenvalue weighted by atomic mass is 10.0. The van der Waals surface area contributed by atoms with E-state index in [0.717, 1.165) is 25.1 Å². The number of hydrogen-bond donors (Lipinski definition) is 1. The summed E-state index contributed by atoms with van der Waals surface area (Å²) in [6, 6.07) is 12.1. The predicted octanol–water partition coefficient (Wildman–Crippen LogP) is 2.95. The molecule has 1 heterocycles. The normalized spacial score (nSPS) is 12.6. The van der Waals surface area contributed by atoms with Gasteiger partial charge < -0.3 is 10.0 Å². The summed E-state index contributed by atoms with van der Waals surface area (Å²) in [5.41, 5.74) is 3.45. The van der Waals surface area contributed by atoms with E-state index in [0.29, 0.717) is 0 Å². The molecule has 2 aromatic rings. The number of rotatable bonds is 6. The van der Waals surface area contributed by atoms with Crippen LogP contribution in [-0.2, 0) is 6.54 Å². The van der Waals surface area contributed by atoms with E-state index in [1.54, 1.807) is 0 Å². The topological polar surface area (TPSA) is 36.4 Å². The van der Waals surface area contributed by atoms with Gasteiger partial charge in [0, 0.05) is 25.5 Å². The summed E-state index contributed by atoms with van der Waals surface area (Å²) < 4.78 is 0. The van der Waals surface area contributed by atoms with Crippen LogP contribution in [0.15, 0.2) is 48.8 Å². The second kappa shape index (κ2) is 7.17. The van der Waals surface area contributed by atoms with Crippen LogP contribution in [0.3, 0.4) is 0 Å². The van der Waals surface area contributed by atoms with Crippen LogP contribution in [0.2, 0.25) is 0 Å². The number of aryl methyl sites for hydroxylation is 1. The number of aliphatic hydroxyl groups excluding tert-OH is 1. The van der Waals surface area contributed by atoms with Gasteiger partial charge in [-0.2, -0.15) is 0 Å². The Balaban J connectivity index is 1.81. The SMILES string of the molecule is Cc1ccc(C(O)CCN(C)Cc2ccncc2)cc1. The maximum Gasteiger partial charge on any atom is 0.0802 e. The van der Waals surface area contributed by atoms with Crippen LogP contribution in [0.1, 0.15) is 29.2 Å².